The Morgan fingerprint density at radius 3 is 1.59 bits per heavy atom. The van der Waals surface area contributed by atoms with Crippen molar-refractivity contribution in [2.45, 2.75) is 198 Å². The number of hydrogen-bond acceptors (Lipinski definition) is 10. The van der Waals surface area contributed by atoms with Crippen LogP contribution in [0.2, 0.25) is 0 Å². The molecule has 0 spiro atoms. The number of unbranched alkanes of at least 4 members (excludes halogenated alkanes) is 14. The standard InChI is InChI=1S/C46H78O10/c1-3-5-7-9-11-13-15-17-19-21-22-24-26-28-30-32-34-41(48)53-37-39(38-54-46-45(52)44(51)43(50)40(36-47)56-46)55-42(49)35-33-31-29-27-25-23-20-18-16-14-12-10-8-6-4-2/h6,8,11-14,17-20,39-40,43-47,50-52H,3-5,7,9-10,15-16,21-38H2,1-2H3. The van der Waals surface area contributed by atoms with Crippen LogP contribution in [0.5, 0.6) is 0 Å². The van der Waals surface area contributed by atoms with Gasteiger partial charge in [-0.15, -0.1) is 0 Å². The van der Waals surface area contributed by atoms with Crippen LogP contribution in [0.25, 0.3) is 0 Å². The number of rotatable bonds is 35. The minimum atomic E-state index is -1.60. The van der Waals surface area contributed by atoms with Crippen molar-refractivity contribution in [3.63, 3.8) is 0 Å². The van der Waals surface area contributed by atoms with E-state index in [9.17, 15) is 30.0 Å². The number of allylic oxidation sites excluding steroid dienone is 10. The first-order chi connectivity index (χ1) is 27.3. The summed E-state index contributed by atoms with van der Waals surface area (Å²) in [5.41, 5.74) is 0. The lowest BCUT2D eigenvalue weighted by molar-refractivity contribution is -0.305. The molecule has 4 N–H and O–H groups in total. The minimum Gasteiger partial charge on any atom is -0.462 e. The van der Waals surface area contributed by atoms with Gasteiger partial charge in [0, 0.05) is 12.8 Å². The van der Waals surface area contributed by atoms with Crippen molar-refractivity contribution < 1.29 is 49.0 Å². The van der Waals surface area contributed by atoms with Crippen LogP contribution in [0, 0.1) is 0 Å². The van der Waals surface area contributed by atoms with Gasteiger partial charge in [0.2, 0.25) is 0 Å². The molecule has 0 bridgehead atoms. The normalized spacial score (nSPS) is 21.0. The summed E-state index contributed by atoms with van der Waals surface area (Å²) in [5, 5.41) is 40.0. The topological polar surface area (TPSA) is 152 Å². The van der Waals surface area contributed by atoms with Crippen molar-refractivity contribution in [2.75, 3.05) is 19.8 Å². The Balaban J connectivity index is 2.37. The maximum atomic E-state index is 12.7. The molecule has 1 aliphatic heterocycles. The molecule has 0 aromatic carbocycles. The smallest absolute Gasteiger partial charge is 0.306 e. The lowest BCUT2D eigenvalue weighted by Gasteiger charge is -2.39. The van der Waals surface area contributed by atoms with Gasteiger partial charge in [0.05, 0.1) is 13.2 Å². The lowest BCUT2D eigenvalue weighted by Crippen LogP contribution is -2.59. The van der Waals surface area contributed by atoms with Gasteiger partial charge in [0.15, 0.2) is 12.4 Å². The van der Waals surface area contributed by atoms with Crippen molar-refractivity contribution >= 4 is 11.9 Å². The van der Waals surface area contributed by atoms with Crippen LogP contribution in [0.1, 0.15) is 162 Å². The molecule has 1 aliphatic rings. The van der Waals surface area contributed by atoms with E-state index in [1.807, 2.05) is 0 Å². The average molecular weight is 791 g/mol. The zero-order valence-electron chi connectivity index (χ0n) is 34.9. The minimum absolute atomic E-state index is 0.205. The third-order valence-corrected chi connectivity index (χ3v) is 9.64. The third-order valence-electron chi connectivity index (χ3n) is 9.64. The van der Waals surface area contributed by atoms with E-state index >= 15 is 0 Å². The Hall–Kier alpha value is -2.60. The molecule has 10 heteroatoms. The molecule has 6 unspecified atom stereocenters. The molecule has 0 aromatic heterocycles. The summed E-state index contributed by atoms with van der Waals surface area (Å²) >= 11 is 0. The van der Waals surface area contributed by atoms with E-state index in [1.54, 1.807) is 0 Å². The number of carbonyl (C=O) groups excluding carboxylic acids is 2. The van der Waals surface area contributed by atoms with Crippen LogP contribution in [-0.2, 0) is 28.5 Å². The van der Waals surface area contributed by atoms with E-state index < -0.39 is 55.4 Å². The van der Waals surface area contributed by atoms with Crippen LogP contribution in [0.4, 0.5) is 0 Å². The molecular weight excluding hydrogens is 712 g/mol. The molecule has 6 atom stereocenters. The van der Waals surface area contributed by atoms with Crippen LogP contribution in [0.3, 0.4) is 0 Å². The lowest BCUT2D eigenvalue weighted by atomic mass is 9.99. The number of ether oxygens (including phenoxy) is 4. The van der Waals surface area contributed by atoms with Gasteiger partial charge in [-0.2, -0.15) is 0 Å². The number of carbonyl (C=O) groups is 2. The number of hydrogen-bond donors (Lipinski definition) is 4. The van der Waals surface area contributed by atoms with Crippen molar-refractivity contribution in [1.29, 1.82) is 0 Å². The Morgan fingerprint density at radius 2 is 1.05 bits per heavy atom. The Kier molecular flexibility index (Phi) is 33.7. The maximum absolute atomic E-state index is 12.7. The highest BCUT2D eigenvalue weighted by molar-refractivity contribution is 5.70. The second-order valence-corrected chi connectivity index (χ2v) is 14.8. The molecule has 0 radical (unpaired) electrons. The Bertz CT molecular complexity index is 1100. The van der Waals surface area contributed by atoms with Gasteiger partial charge in [0.1, 0.15) is 31.0 Å². The molecule has 0 aliphatic carbocycles. The van der Waals surface area contributed by atoms with E-state index in [0.29, 0.717) is 12.8 Å². The van der Waals surface area contributed by atoms with Gasteiger partial charge >= 0.3 is 11.9 Å². The van der Waals surface area contributed by atoms with Gasteiger partial charge in [-0.1, -0.05) is 132 Å². The predicted molar refractivity (Wildman–Crippen MR) is 224 cm³/mol. The summed E-state index contributed by atoms with van der Waals surface area (Å²) in [6.07, 6.45) is 36.5. The zero-order valence-corrected chi connectivity index (χ0v) is 34.9. The zero-order chi connectivity index (χ0) is 40.9. The van der Waals surface area contributed by atoms with Crippen LogP contribution in [-0.4, -0.2) is 89.0 Å². The fraction of sp³-hybridized carbons (Fsp3) is 0.739. The summed E-state index contributed by atoms with van der Waals surface area (Å²) in [5.74, 6) is -0.843. The van der Waals surface area contributed by atoms with E-state index in [4.69, 9.17) is 18.9 Å². The second kappa shape index (κ2) is 36.7. The summed E-state index contributed by atoms with van der Waals surface area (Å²) in [6.45, 7) is 3.24. The molecule has 0 amide bonds. The number of esters is 2. The average Bonchev–Trinajstić information content (AvgIpc) is 3.19. The SMILES string of the molecule is CCC=CCC=CCC=CCCCCCCCC(=O)OC(COC(=O)CCCCCCCCC=CCC=CCCCCC)COC1OC(CO)C(O)C(O)C1O. The molecule has 1 saturated heterocycles. The van der Waals surface area contributed by atoms with Gasteiger partial charge in [-0.25, -0.2) is 0 Å². The maximum Gasteiger partial charge on any atom is 0.306 e. The highest BCUT2D eigenvalue weighted by Gasteiger charge is 2.44. The summed E-state index contributed by atoms with van der Waals surface area (Å²) in [6, 6.07) is 0. The number of aliphatic hydroxyl groups is 4. The third kappa shape index (κ3) is 27.9. The fourth-order valence-electron chi connectivity index (χ4n) is 6.17. The molecule has 10 nitrogen and oxygen atoms in total. The molecule has 1 rings (SSSR count). The fourth-order valence-corrected chi connectivity index (χ4v) is 6.17. The first kappa shape index (κ1) is 51.4. The monoisotopic (exact) mass is 791 g/mol. The van der Waals surface area contributed by atoms with Crippen LogP contribution >= 0.6 is 0 Å². The molecule has 0 saturated carbocycles. The van der Waals surface area contributed by atoms with Crippen molar-refractivity contribution in [2.24, 2.45) is 0 Å². The van der Waals surface area contributed by atoms with Gasteiger partial charge in [-0.3, -0.25) is 9.59 Å². The molecule has 0 aromatic rings. The molecule has 1 fully saturated rings. The van der Waals surface area contributed by atoms with Gasteiger partial charge in [0.25, 0.3) is 0 Å². The molecule has 1 heterocycles. The Morgan fingerprint density at radius 1 is 0.571 bits per heavy atom. The quantitative estimate of drug-likeness (QED) is 0.0278. The first-order valence-corrected chi connectivity index (χ1v) is 21.9. The van der Waals surface area contributed by atoms with E-state index in [0.717, 1.165) is 96.3 Å². The first-order valence-electron chi connectivity index (χ1n) is 21.9. The highest BCUT2D eigenvalue weighted by atomic mass is 16.7. The van der Waals surface area contributed by atoms with E-state index in [-0.39, 0.29) is 26.1 Å². The second-order valence-electron chi connectivity index (χ2n) is 14.8. The summed E-state index contributed by atoms with van der Waals surface area (Å²) in [4.78, 5) is 25.3. The molecular formula is C46H78O10. The van der Waals surface area contributed by atoms with Gasteiger partial charge < -0.3 is 39.4 Å². The van der Waals surface area contributed by atoms with E-state index in [1.165, 1.54) is 25.7 Å². The van der Waals surface area contributed by atoms with Crippen molar-refractivity contribution in [3.05, 3.63) is 60.8 Å². The summed E-state index contributed by atoms with van der Waals surface area (Å²) < 4.78 is 22.1. The van der Waals surface area contributed by atoms with Gasteiger partial charge in [-0.05, 0) is 77.0 Å². The van der Waals surface area contributed by atoms with Crippen molar-refractivity contribution in [1.82, 2.24) is 0 Å². The van der Waals surface area contributed by atoms with Crippen LogP contribution < -0.4 is 0 Å². The predicted octanol–water partition coefficient (Wildman–Crippen LogP) is 9.05. The largest absolute Gasteiger partial charge is 0.462 e. The molecule has 56 heavy (non-hydrogen) atoms. The van der Waals surface area contributed by atoms with E-state index in [2.05, 4.69) is 74.6 Å². The van der Waals surface area contributed by atoms with Crippen LogP contribution in [0.15, 0.2) is 60.8 Å². The summed E-state index contributed by atoms with van der Waals surface area (Å²) in [7, 11) is 0. The Labute approximate surface area is 339 Å². The molecule has 322 valence electrons. The van der Waals surface area contributed by atoms with Crippen molar-refractivity contribution in [3.8, 4) is 0 Å². The highest BCUT2D eigenvalue weighted by Crippen LogP contribution is 2.22. The number of aliphatic hydroxyl groups excluding tert-OH is 4.